The number of benzene rings is 2. The highest BCUT2D eigenvalue weighted by molar-refractivity contribution is 5.98. The first-order chi connectivity index (χ1) is 17.0. The van der Waals surface area contributed by atoms with Gasteiger partial charge in [0.15, 0.2) is 11.4 Å². The van der Waals surface area contributed by atoms with Crippen LogP contribution < -0.4 is 11.4 Å². The number of aromatic amines is 1. The van der Waals surface area contributed by atoms with Gasteiger partial charge in [0.2, 0.25) is 0 Å². The van der Waals surface area contributed by atoms with Crippen molar-refractivity contribution in [2.75, 3.05) is 13.2 Å². The molecule has 1 saturated heterocycles. The van der Waals surface area contributed by atoms with Gasteiger partial charge in [-0.05, 0) is 23.3 Å². The number of H-pyrrole nitrogens is 1. The summed E-state index contributed by atoms with van der Waals surface area (Å²) in [5.74, 6) is -0.507. The summed E-state index contributed by atoms with van der Waals surface area (Å²) in [5.41, 5.74) is 12.2. The Bertz CT molecular complexity index is 1630. The van der Waals surface area contributed by atoms with Crippen molar-refractivity contribution in [3.8, 4) is 22.4 Å². The topological polar surface area (TPSA) is 108 Å². The lowest BCUT2D eigenvalue weighted by atomic mass is 9.68. The number of rotatable bonds is 3. The van der Waals surface area contributed by atoms with Gasteiger partial charge in [-0.15, -0.1) is 0 Å². The number of hydrogen-bond donors (Lipinski definition) is 2. The van der Waals surface area contributed by atoms with Crippen molar-refractivity contribution in [2.45, 2.75) is 24.2 Å². The van der Waals surface area contributed by atoms with Gasteiger partial charge in [-0.25, -0.2) is 19.3 Å². The number of ether oxygens (including phenoxy) is 2. The Morgan fingerprint density at radius 1 is 0.943 bits per heavy atom. The molecule has 0 amide bonds. The molecule has 1 aliphatic heterocycles. The van der Waals surface area contributed by atoms with Crippen molar-refractivity contribution < 1.29 is 9.47 Å². The Balaban J connectivity index is 1.34. The van der Waals surface area contributed by atoms with E-state index in [2.05, 4.69) is 52.7 Å². The predicted octanol–water partition coefficient (Wildman–Crippen LogP) is 3.60. The molecule has 8 nitrogen and oxygen atoms in total. The van der Waals surface area contributed by atoms with Crippen LogP contribution in [0, 0.1) is 0 Å². The summed E-state index contributed by atoms with van der Waals surface area (Å²) in [6, 6.07) is 22.3. The zero-order valence-electron chi connectivity index (χ0n) is 18.9. The number of nitrogens with zero attached hydrogens (tertiary/aromatic N) is 3. The van der Waals surface area contributed by atoms with Gasteiger partial charge in [-0.1, -0.05) is 54.6 Å². The van der Waals surface area contributed by atoms with Gasteiger partial charge in [-0.2, -0.15) is 5.10 Å². The van der Waals surface area contributed by atoms with Gasteiger partial charge in [0.1, 0.15) is 0 Å². The fraction of sp³-hybridized carbons (Fsp3) is 0.222. The van der Waals surface area contributed by atoms with Crippen molar-refractivity contribution >= 4 is 16.6 Å². The van der Waals surface area contributed by atoms with Crippen LogP contribution in [0.1, 0.15) is 18.4 Å². The highest BCUT2D eigenvalue weighted by Crippen LogP contribution is 2.51. The quantitative estimate of drug-likeness (QED) is 0.422. The first-order valence-electron chi connectivity index (χ1n) is 11.7. The molecule has 174 valence electrons. The minimum Gasteiger partial charge on any atom is -0.347 e. The molecule has 0 atom stereocenters. The Kier molecular flexibility index (Phi) is 4.29. The second-order valence-electron chi connectivity index (χ2n) is 9.42. The Labute approximate surface area is 200 Å². The highest BCUT2D eigenvalue weighted by atomic mass is 16.7. The molecule has 0 bridgehead atoms. The summed E-state index contributed by atoms with van der Waals surface area (Å²) in [7, 11) is 0. The minimum atomic E-state index is -0.507. The maximum atomic E-state index is 12.1. The lowest BCUT2D eigenvalue weighted by Gasteiger charge is -2.50. The van der Waals surface area contributed by atoms with Crippen molar-refractivity contribution in [1.29, 1.82) is 0 Å². The fourth-order valence-corrected chi connectivity index (χ4v) is 5.44. The Morgan fingerprint density at radius 2 is 1.69 bits per heavy atom. The number of nitrogens with one attached hydrogen (secondary N) is 1. The van der Waals surface area contributed by atoms with Crippen molar-refractivity contribution in [3.05, 3.63) is 89.0 Å². The number of pyridine rings is 2. The van der Waals surface area contributed by atoms with Crippen LogP contribution in [-0.4, -0.2) is 38.6 Å². The van der Waals surface area contributed by atoms with Gasteiger partial charge in [0.05, 0.1) is 30.0 Å². The molecule has 0 unspecified atom stereocenters. The summed E-state index contributed by atoms with van der Waals surface area (Å²) >= 11 is 0. The molecule has 1 aliphatic carbocycles. The van der Waals surface area contributed by atoms with Crippen molar-refractivity contribution in [2.24, 2.45) is 5.73 Å². The van der Waals surface area contributed by atoms with Crippen LogP contribution in [0.15, 0.2) is 77.7 Å². The highest BCUT2D eigenvalue weighted by Gasteiger charge is 2.57. The van der Waals surface area contributed by atoms with E-state index in [-0.39, 0.29) is 5.69 Å². The van der Waals surface area contributed by atoms with E-state index in [0.29, 0.717) is 31.7 Å². The standard InChI is InChI=1S/C27H23N5O3/c28-26(15-27(16-26)34-12-13-35-27)19-8-6-18(7-9-19)23-20(17-4-2-1-3-5-17)14-21-22(29-23)10-11-32-24(21)30-31-25(32)33/h1-11,14H,12-13,15-16,28H2,(H,31,33). The molecule has 1 spiro atoms. The molecule has 2 aliphatic rings. The van der Waals surface area contributed by atoms with Crippen molar-refractivity contribution in [3.63, 3.8) is 0 Å². The predicted molar refractivity (Wildman–Crippen MR) is 132 cm³/mol. The molecule has 35 heavy (non-hydrogen) atoms. The fourth-order valence-electron chi connectivity index (χ4n) is 5.44. The Morgan fingerprint density at radius 3 is 2.43 bits per heavy atom. The first kappa shape index (κ1) is 20.5. The van der Waals surface area contributed by atoms with Crippen LogP contribution in [0.2, 0.25) is 0 Å². The molecule has 2 aromatic carbocycles. The van der Waals surface area contributed by atoms with E-state index in [9.17, 15) is 4.79 Å². The lowest BCUT2D eigenvalue weighted by Crippen LogP contribution is -2.60. The second-order valence-corrected chi connectivity index (χ2v) is 9.42. The van der Waals surface area contributed by atoms with E-state index in [4.69, 9.17) is 20.2 Å². The van der Waals surface area contributed by atoms with Crippen LogP contribution in [0.3, 0.4) is 0 Å². The summed E-state index contributed by atoms with van der Waals surface area (Å²) in [6.07, 6.45) is 3.01. The smallest absolute Gasteiger partial charge is 0.347 e. The van der Waals surface area contributed by atoms with Gasteiger partial charge in [-0.3, -0.25) is 0 Å². The first-order valence-corrected chi connectivity index (χ1v) is 11.7. The van der Waals surface area contributed by atoms with Crippen LogP contribution in [0.25, 0.3) is 38.9 Å². The summed E-state index contributed by atoms with van der Waals surface area (Å²) in [6.45, 7) is 1.26. The van der Waals surface area contributed by atoms with Crippen LogP contribution in [0.4, 0.5) is 0 Å². The monoisotopic (exact) mass is 465 g/mol. The molecule has 3 aromatic heterocycles. The third-order valence-corrected chi connectivity index (χ3v) is 7.18. The molecule has 1 saturated carbocycles. The largest absolute Gasteiger partial charge is 0.347 e. The molecule has 7 rings (SSSR count). The maximum Gasteiger partial charge on any atom is 0.347 e. The molecule has 2 fully saturated rings. The maximum absolute atomic E-state index is 12.1. The third kappa shape index (κ3) is 3.15. The molecular weight excluding hydrogens is 442 g/mol. The zero-order valence-corrected chi connectivity index (χ0v) is 18.9. The van der Waals surface area contributed by atoms with Gasteiger partial charge in [0.25, 0.3) is 0 Å². The Hall–Kier alpha value is -3.85. The van der Waals surface area contributed by atoms with Crippen LogP contribution in [-0.2, 0) is 15.0 Å². The average molecular weight is 466 g/mol. The van der Waals surface area contributed by atoms with E-state index >= 15 is 0 Å². The van der Waals surface area contributed by atoms with E-state index in [1.54, 1.807) is 6.20 Å². The van der Waals surface area contributed by atoms with E-state index < -0.39 is 11.3 Å². The minimum absolute atomic E-state index is 0.273. The molecule has 4 heterocycles. The third-order valence-electron chi connectivity index (χ3n) is 7.18. The van der Waals surface area contributed by atoms with E-state index in [1.807, 2.05) is 24.3 Å². The zero-order chi connectivity index (χ0) is 23.6. The molecule has 0 radical (unpaired) electrons. The van der Waals surface area contributed by atoms with Crippen LogP contribution >= 0.6 is 0 Å². The van der Waals surface area contributed by atoms with Gasteiger partial charge < -0.3 is 15.2 Å². The normalized spacial score (nSPS) is 18.3. The van der Waals surface area contributed by atoms with Crippen LogP contribution in [0.5, 0.6) is 0 Å². The SMILES string of the molecule is NC1(c2ccc(-c3nc4ccn5c(=O)[nH]nc5c4cc3-c3ccccc3)cc2)CC2(C1)OCCO2. The van der Waals surface area contributed by atoms with Gasteiger partial charge in [0, 0.05) is 35.6 Å². The van der Waals surface area contributed by atoms with Gasteiger partial charge >= 0.3 is 5.69 Å². The van der Waals surface area contributed by atoms with Crippen molar-refractivity contribution in [1.82, 2.24) is 19.6 Å². The summed E-state index contributed by atoms with van der Waals surface area (Å²) < 4.78 is 13.1. The summed E-state index contributed by atoms with van der Waals surface area (Å²) in [4.78, 5) is 17.1. The number of hydrogen-bond acceptors (Lipinski definition) is 6. The lowest BCUT2D eigenvalue weighted by molar-refractivity contribution is -0.239. The number of fused-ring (bicyclic) bond motifs is 3. The van der Waals surface area contributed by atoms with E-state index in [1.165, 1.54) is 4.40 Å². The average Bonchev–Trinajstić information content (AvgIpc) is 3.51. The molecular formula is C27H23N5O3. The molecule has 5 aromatic rings. The number of aromatic nitrogens is 4. The number of nitrogens with two attached hydrogens (primary N) is 1. The van der Waals surface area contributed by atoms with E-state index in [0.717, 1.165) is 38.9 Å². The second kappa shape index (κ2) is 7.32. The molecule has 3 N–H and O–H groups in total. The summed E-state index contributed by atoms with van der Waals surface area (Å²) in [5, 5.41) is 7.55. The molecule has 8 heteroatoms.